The Morgan fingerprint density at radius 3 is 2.00 bits per heavy atom. The summed E-state index contributed by atoms with van der Waals surface area (Å²) in [5, 5.41) is 17.4. The van der Waals surface area contributed by atoms with Gasteiger partial charge in [0.1, 0.15) is 5.78 Å². The molecule has 0 aromatic carbocycles. The molecule has 0 aromatic heterocycles. The van der Waals surface area contributed by atoms with E-state index in [0.717, 1.165) is 0 Å². The van der Waals surface area contributed by atoms with E-state index >= 15 is 0 Å². The topological polar surface area (TPSA) is 77.8 Å². The van der Waals surface area contributed by atoms with Crippen LogP contribution in [-0.4, -0.2) is 53.1 Å². The molecule has 0 atom stereocenters. The first kappa shape index (κ1) is 14.1. The van der Waals surface area contributed by atoms with Gasteiger partial charge in [0.15, 0.2) is 0 Å². The Bertz CT molecular complexity index is 200. The number of nitrogens with zero attached hydrogens (tertiary/aromatic N) is 1. The van der Waals surface area contributed by atoms with Crippen LogP contribution in [0.25, 0.3) is 0 Å². The van der Waals surface area contributed by atoms with Gasteiger partial charge < -0.3 is 19.9 Å². The predicted molar refractivity (Wildman–Crippen MR) is 55.3 cm³/mol. The molecule has 2 N–H and O–H groups in total. The van der Waals surface area contributed by atoms with Crippen LogP contribution < -0.4 is 0 Å². The first-order chi connectivity index (χ1) is 7.11. The molecule has 1 amide bonds. The zero-order valence-electron chi connectivity index (χ0n) is 9.11. The monoisotopic (exact) mass is 217 g/mol. The lowest BCUT2D eigenvalue weighted by Gasteiger charge is -2.20. The smallest absolute Gasteiger partial charge is 0.222 e. The minimum Gasteiger partial charge on any atom is -0.395 e. The van der Waals surface area contributed by atoms with E-state index in [2.05, 4.69) is 0 Å². The maximum atomic E-state index is 11.5. The normalized spacial score (nSPS) is 10.1. The van der Waals surface area contributed by atoms with Crippen molar-refractivity contribution < 1.29 is 19.8 Å². The molecule has 0 bridgehead atoms. The summed E-state index contributed by atoms with van der Waals surface area (Å²) in [4.78, 5) is 23.5. The van der Waals surface area contributed by atoms with Gasteiger partial charge in [-0.05, 0) is 13.3 Å². The van der Waals surface area contributed by atoms with Crippen LogP contribution in [0.15, 0.2) is 0 Å². The van der Waals surface area contributed by atoms with Crippen LogP contribution in [0, 0.1) is 0 Å². The average Bonchev–Trinajstić information content (AvgIpc) is 2.16. The molecule has 0 saturated heterocycles. The molecule has 0 aliphatic rings. The van der Waals surface area contributed by atoms with Gasteiger partial charge in [-0.25, -0.2) is 0 Å². The number of hydrogen-bond donors (Lipinski definition) is 2. The number of aliphatic hydroxyl groups excluding tert-OH is 2. The number of carbonyl (C=O) groups is 2. The minimum atomic E-state index is -0.126. The largest absolute Gasteiger partial charge is 0.395 e. The summed E-state index contributed by atoms with van der Waals surface area (Å²) in [6.07, 6.45) is 1.22. The van der Waals surface area contributed by atoms with E-state index in [-0.39, 0.29) is 38.0 Å². The quantitative estimate of drug-likeness (QED) is 0.577. The summed E-state index contributed by atoms with van der Waals surface area (Å²) in [5.74, 6) is -0.0574. The molecule has 5 heteroatoms. The molecule has 5 nitrogen and oxygen atoms in total. The van der Waals surface area contributed by atoms with Gasteiger partial charge in [-0.15, -0.1) is 0 Å². The third-order valence-corrected chi connectivity index (χ3v) is 2.01. The molecule has 0 rings (SSSR count). The molecule has 0 heterocycles. The Kier molecular flexibility index (Phi) is 7.85. The fourth-order valence-electron chi connectivity index (χ4n) is 1.25. The lowest BCUT2D eigenvalue weighted by Crippen LogP contribution is -2.35. The van der Waals surface area contributed by atoms with E-state index < -0.39 is 0 Å². The maximum Gasteiger partial charge on any atom is 0.222 e. The Morgan fingerprint density at radius 1 is 1.07 bits per heavy atom. The molecule has 0 aliphatic carbocycles. The number of carbonyl (C=O) groups excluding carboxylic acids is 2. The van der Waals surface area contributed by atoms with E-state index in [1.807, 2.05) is 0 Å². The fourth-order valence-corrected chi connectivity index (χ4v) is 1.25. The van der Waals surface area contributed by atoms with Gasteiger partial charge in [-0.2, -0.15) is 0 Å². The van der Waals surface area contributed by atoms with Gasteiger partial charge in [-0.3, -0.25) is 4.79 Å². The van der Waals surface area contributed by atoms with Crippen LogP contribution in [0.4, 0.5) is 0 Å². The second-order valence-electron chi connectivity index (χ2n) is 3.38. The highest BCUT2D eigenvalue weighted by Gasteiger charge is 2.11. The molecule has 0 fully saturated rings. The van der Waals surface area contributed by atoms with Crippen molar-refractivity contribution in [2.45, 2.75) is 26.2 Å². The van der Waals surface area contributed by atoms with Crippen molar-refractivity contribution in [2.24, 2.45) is 0 Å². The molecule has 88 valence electrons. The highest BCUT2D eigenvalue weighted by molar-refractivity contribution is 5.78. The van der Waals surface area contributed by atoms with Gasteiger partial charge in [0.05, 0.1) is 13.2 Å². The van der Waals surface area contributed by atoms with E-state index in [9.17, 15) is 9.59 Å². The molecule has 0 aromatic rings. The second kappa shape index (κ2) is 8.38. The predicted octanol–water partition coefficient (Wildman–Crippen LogP) is -0.441. The van der Waals surface area contributed by atoms with Crippen molar-refractivity contribution in [2.75, 3.05) is 26.3 Å². The van der Waals surface area contributed by atoms with Crippen LogP contribution in [-0.2, 0) is 9.59 Å². The molecular weight excluding hydrogens is 198 g/mol. The second-order valence-corrected chi connectivity index (χ2v) is 3.38. The molecule has 0 saturated carbocycles. The van der Waals surface area contributed by atoms with E-state index in [4.69, 9.17) is 10.2 Å². The number of amides is 1. The zero-order chi connectivity index (χ0) is 11.7. The maximum absolute atomic E-state index is 11.5. The van der Waals surface area contributed by atoms with E-state index in [1.165, 1.54) is 11.8 Å². The minimum absolute atomic E-state index is 0.0682. The molecule has 0 radical (unpaired) electrons. The van der Waals surface area contributed by atoms with Gasteiger partial charge >= 0.3 is 0 Å². The van der Waals surface area contributed by atoms with Crippen LogP contribution in [0.5, 0.6) is 0 Å². The Labute approximate surface area is 89.7 Å². The summed E-state index contributed by atoms with van der Waals surface area (Å²) < 4.78 is 0. The number of Topliss-reactive ketones (excluding diaryl/α,β-unsaturated/α-hetero) is 1. The first-order valence-electron chi connectivity index (χ1n) is 5.10. The first-order valence-corrected chi connectivity index (χ1v) is 5.10. The highest BCUT2D eigenvalue weighted by Crippen LogP contribution is 2.01. The number of rotatable bonds is 8. The molecule has 0 unspecified atom stereocenters. The summed E-state index contributed by atoms with van der Waals surface area (Å²) >= 11 is 0. The number of hydrogen-bond acceptors (Lipinski definition) is 4. The Hall–Kier alpha value is -0.940. The van der Waals surface area contributed by atoms with Gasteiger partial charge in [0.2, 0.25) is 5.91 Å². The Balaban J connectivity index is 3.85. The van der Waals surface area contributed by atoms with E-state index in [0.29, 0.717) is 19.3 Å². The molecule has 0 spiro atoms. The Morgan fingerprint density at radius 2 is 1.60 bits per heavy atom. The van der Waals surface area contributed by atoms with Gasteiger partial charge in [0.25, 0.3) is 0 Å². The third kappa shape index (κ3) is 7.04. The van der Waals surface area contributed by atoms with Crippen molar-refractivity contribution in [3.05, 3.63) is 0 Å². The van der Waals surface area contributed by atoms with Crippen LogP contribution in [0.3, 0.4) is 0 Å². The zero-order valence-corrected chi connectivity index (χ0v) is 9.11. The van der Waals surface area contributed by atoms with Crippen LogP contribution >= 0.6 is 0 Å². The lowest BCUT2D eigenvalue weighted by molar-refractivity contribution is -0.132. The summed E-state index contributed by atoms with van der Waals surface area (Å²) in [6, 6.07) is 0. The van der Waals surface area contributed by atoms with Crippen molar-refractivity contribution in [1.82, 2.24) is 4.90 Å². The van der Waals surface area contributed by atoms with Crippen molar-refractivity contribution in [3.8, 4) is 0 Å². The fraction of sp³-hybridized carbons (Fsp3) is 0.800. The molecule has 15 heavy (non-hydrogen) atoms. The lowest BCUT2D eigenvalue weighted by atomic mass is 10.2. The van der Waals surface area contributed by atoms with Crippen molar-refractivity contribution >= 4 is 11.7 Å². The summed E-state index contributed by atoms with van der Waals surface area (Å²) in [5.41, 5.74) is 0. The summed E-state index contributed by atoms with van der Waals surface area (Å²) in [7, 11) is 0. The third-order valence-electron chi connectivity index (χ3n) is 2.01. The number of ketones is 1. The van der Waals surface area contributed by atoms with Crippen molar-refractivity contribution in [1.29, 1.82) is 0 Å². The van der Waals surface area contributed by atoms with Crippen LogP contribution in [0.2, 0.25) is 0 Å². The molecule has 0 aliphatic heterocycles. The highest BCUT2D eigenvalue weighted by atomic mass is 16.3. The standard InChI is InChI=1S/C10H19NO4/c1-9(14)3-2-4-10(15)11(5-7-12)6-8-13/h12-13H,2-8H2,1H3. The van der Waals surface area contributed by atoms with Gasteiger partial charge in [-0.1, -0.05) is 0 Å². The SMILES string of the molecule is CC(=O)CCCC(=O)N(CCO)CCO. The summed E-state index contributed by atoms with van der Waals surface area (Å²) in [6.45, 7) is 1.74. The van der Waals surface area contributed by atoms with Crippen LogP contribution in [0.1, 0.15) is 26.2 Å². The molecular formula is C10H19NO4. The van der Waals surface area contributed by atoms with E-state index in [1.54, 1.807) is 0 Å². The average molecular weight is 217 g/mol. The number of aliphatic hydroxyl groups is 2. The van der Waals surface area contributed by atoms with Crippen molar-refractivity contribution in [3.63, 3.8) is 0 Å². The van der Waals surface area contributed by atoms with Gasteiger partial charge in [0, 0.05) is 25.9 Å².